The summed E-state index contributed by atoms with van der Waals surface area (Å²) in [6.45, 7) is 1.56. The maximum Gasteiger partial charge on any atom is 0.387 e. The molecule has 0 fully saturated rings. The summed E-state index contributed by atoms with van der Waals surface area (Å²) in [5, 5.41) is 0.992. The normalized spacial score (nSPS) is 13.1. The van der Waals surface area contributed by atoms with Gasteiger partial charge < -0.3 is 9.72 Å². The Balaban J connectivity index is 2.32. The highest BCUT2D eigenvalue weighted by Crippen LogP contribution is 2.33. The second-order valence-corrected chi connectivity index (χ2v) is 5.08. The smallest absolute Gasteiger partial charge is 0.387 e. The first-order chi connectivity index (χ1) is 9.65. The number of aromatic amines is 1. The Bertz CT molecular complexity index is 550. The quantitative estimate of drug-likeness (QED) is 0.717. The summed E-state index contributed by atoms with van der Waals surface area (Å²) in [5.41, 5.74) is 2.17. The van der Waals surface area contributed by atoms with E-state index in [1.807, 2.05) is 6.20 Å². The molecule has 0 saturated heterocycles. The Kier molecular flexibility index (Phi) is 4.99. The molecule has 0 bridgehead atoms. The highest BCUT2D eigenvalue weighted by Gasteiger charge is 2.15. The summed E-state index contributed by atoms with van der Waals surface area (Å²) in [6.07, 6.45) is 6.52. The third-order valence-corrected chi connectivity index (χ3v) is 3.75. The summed E-state index contributed by atoms with van der Waals surface area (Å²) in [5.74, 6) is 0.684. The van der Waals surface area contributed by atoms with E-state index in [9.17, 15) is 8.78 Å². The molecule has 0 aliphatic rings. The molecule has 1 heterocycles. The summed E-state index contributed by atoms with van der Waals surface area (Å²) in [7, 11) is 0. The van der Waals surface area contributed by atoms with Crippen molar-refractivity contribution in [2.75, 3.05) is 0 Å². The molecular weight excluding hydrogens is 260 g/mol. The predicted molar refractivity (Wildman–Crippen MR) is 77.5 cm³/mol. The molecule has 0 aliphatic carbocycles. The highest BCUT2D eigenvalue weighted by molar-refractivity contribution is 5.85. The zero-order valence-electron chi connectivity index (χ0n) is 12.0. The monoisotopic (exact) mass is 281 g/mol. The van der Waals surface area contributed by atoms with Crippen molar-refractivity contribution in [3.05, 3.63) is 30.0 Å². The first-order valence-electron chi connectivity index (χ1n) is 7.21. The van der Waals surface area contributed by atoms with Crippen molar-refractivity contribution in [3.8, 4) is 5.75 Å². The van der Waals surface area contributed by atoms with E-state index in [1.54, 1.807) is 18.2 Å². The van der Waals surface area contributed by atoms with E-state index in [4.69, 9.17) is 0 Å². The summed E-state index contributed by atoms with van der Waals surface area (Å²) < 4.78 is 29.1. The maximum absolute atomic E-state index is 12.3. The van der Waals surface area contributed by atoms with Crippen LogP contribution in [0.1, 0.15) is 51.0 Å². The van der Waals surface area contributed by atoms with Crippen molar-refractivity contribution >= 4 is 10.9 Å². The van der Waals surface area contributed by atoms with Crippen LogP contribution in [0, 0.1) is 0 Å². The Hall–Kier alpha value is -1.58. The first kappa shape index (κ1) is 14.8. The van der Waals surface area contributed by atoms with Crippen LogP contribution in [0.25, 0.3) is 10.9 Å². The number of hydrogen-bond donors (Lipinski definition) is 1. The predicted octanol–water partition coefficient (Wildman–Crippen LogP) is 5.45. The number of rotatable bonds is 7. The second-order valence-electron chi connectivity index (χ2n) is 5.08. The number of alkyl halides is 2. The van der Waals surface area contributed by atoms with Gasteiger partial charge >= 0.3 is 6.61 Å². The van der Waals surface area contributed by atoms with E-state index in [2.05, 4.69) is 23.6 Å². The number of aromatic nitrogens is 1. The molecule has 1 atom stereocenters. The van der Waals surface area contributed by atoms with Crippen LogP contribution in [0.3, 0.4) is 0 Å². The van der Waals surface area contributed by atoms with Gasteiger partial charge in [-0.2, -0.15) is 8.78 Å². The van der Waals surface area contributed by atoms with Crippen LogP contribution in [0.5, 0.6) is 5.75 Å². The van der Waals surface area contributed by atoms with E-state index in [0.717, 1.165) is 23.7 Å². The molecule has 2 aromatic rings. The second kappa shape index (κ2) is 6.73. The molecule has 1 N–H and O–H groups in total. The van der Waals surface area contributed by atoms with Crippen LogP contribution in [0.4, 0.5) is 8.78 Å². The van der Waals surface area contributed by atoms with E-state index >= 15 is 0 Å². The lowest BCUT2D eigenvalue weighted by Crippen LogP contribution is -2.01. The number of unbranched alkanes of at least 4 members (excludes halogenated alkanes) is 1. The fourth-order valence-corrected chi connectivity index (χ4v) is 2.67. The van der Waals surface area contributed by atoms with Gasteiger partial charge in [0.15, 0.2) is 0 Å². The molecule has 2 nitrogen and oxygen atoms in total. The molecular formula is C16H21F2NO. The van der Waals surface area contributed by atoms with Gasteiger partial charge in [0, 0.05) is 17.1 Å². The van der Waals surface area contributed by atoms with Gasteiger partial charge in [0.25, 0.3) is 0 Å². The lowest BCUT2D eigenvalue weighted by molar-refractivity contribution is -0.0497. The SMILES string of the molecule is CCCCC(CC)c1c[nH]c2ccc(OC(F)F)cc12. The third kappa shape index (κ3) is 3.30. The summed E-state index contributed by atoms with van der Waals surface area (Å²) >= 11 is 0. The van der Waals surface area contributed by atoms with Gasteiger partial charge in [0.05, 0.1) is 0 Å². The molecule has 110 valence electrons. The highest BCUT2D eigenvalue weighted by atomic mass is 19.3. The number of halogens is 2. The number of benzene rings is 1. The van der Waals surface area contributed by atoms with E-state index < -0.39 is 6.61 Å². The first-order valence-corrected chi connectivity index (χ1v) is 7.21. The summed E-state index contributed by atoms with van der Waals surface area (Å²) in [4.78, 5) is 3.22. The van der Waals surface area contributed by atoms with Crippen LogP contribution in [0.15, 0.2) is 24.4 Å². The average Bonchev–Trinajstić information content (AvgIpc) is 2.82. The molecule has 4 heteroatoms. The largest absolute Gasteiger partial charge is 0.435 e. The minimum absolute atomic E-state index is 0.221. The molecule has 0 amide bonds. The lowest BCUT2D eigenvalue weighted by atomic mass is 9.91. The number of hydrogen-bond acceptors (Lipinski definition) is 1. The fraction of sp³-hybridized carbons (Fsp3) is 0.500. The van der Waals surface area contributed by atoms with Gasteiger partial charge in [-0.15, -0.1) is 0 Å². The van der Waals surface area contributed by atoms with Crippen molar-refractivity contribution in [3.63, 3.8) is 0 Å². The number of H-pyrrole nitrogens is 1. The van der Waals surface area contributed by atoms with Crippen molar-refractivity contribution in [1.29, 1.82) is 0 Å². The van der Waals surface area contributed by atoms with Crippen molar-refractivity contribution < 1.29 is 13.5 Å². The third-order valence-electron chi connectivity index (χ3n) is 3.75. The molecule has 2 rings (SSSR count). The molecule has 20 heavy (non-hydrogen) atoms. The topological polar surface area (TPSA) is 25.0 Å². The summed E-state index contributed by atoms with van der Waals surface area (Å²) in [6, 6.07) is 5.08. The van der Waals surface area contributed by atoms with Crippen LogP contribution < -0.4 is 4.74 Å². The number of fused-ring (bicyclic) bond motifs is 1. The van der Waals surface area contributed by atoms with Crippen molar-refractivity contribution in [2.24, 2.45) is 0 Å². The molecule has 0 saturated carbocycles. The van der Waals surface area contributed by atoms with Crippen molar-refractivity contribution in [1.82, 2.24) is 4.98 Å². The maximum atomic E-state index is 12.3. The molecule has 0 aliphatic heterocycles. The Morgan fingerprint density at radius 2 is 2.05 bits per heavy atom. The van der Waals surface area contributed by atoms with Gasteiger partial charge in [0.2, 0.25) is 0 Å². The van der Waals surface area contributed by atoms with E-state index in [0.29, 0.717) is 5.92 Å². The average molecular weight is 281 g/mol. The lowest BCUT2D eigenvalue weighted by Gasteiger charge is -2.14. The van der Waals surface area contributed by atoms with Gasteiger partial charge in [-0.05, 0) is 42.5 Å². The molecule has 1 aromatic heterocycles. The fourth-order valence-electron chi connectivity index (χ4n) is 2.67. The van der Waals surface area contributed by atoms with Crippen LogP contribution in [-0.4, -0.2) is 11.6 Å². The van der Waals surface area contributed by atoms with Crippen LogP contribution in [-0.2, 0) is 0 Å². The van der Waals surface area contributed by atoms with Gasteiger partial charge in [-0.25, -0.2) is 0 Å². The molecule has 1 unspecified atom stereocenters. The minimum atomic E-state index is -2.78. The standard InChI is InChI=1S/C16H21F2NO/c1-3-5-6-11(4-2)14-10-19-15-8-7-12(9-13(14)15)20-16(17)18/h7-11,16,19H,3-6H2,1-2H3. The molecule has 1 aromatic carbocycles. The molecule has 0 radical (unpaired) electrons. The van der Waals surface area contributed by atoms with Gasteiger partial charge in [0.1, 0.15) is 5.75 Å². The number of nitrogens with one attached hydrogen (secondary N) is 1. The Morgan fingerprint density at radius 3 is 2.70 bits per heavy atom. The Morgan fingerprint density at radius 1 is 1.25 bits per heavy atom. The Labute approximate surface area is 118 Å². The van der Waals surface area contributed by atoms with Gasteiger partial charge in [-0.3, -0.25) is 0 Å². The minimum Gasteiger partial charge on any atom is -0.435 e. The number of ether oxygens (including phenoxy) is 1. The van der Waals surface area contributed by atoms with E-state index in [1.165, 1.54) is 18.4 Å². The zero-order valence-corrected chi connectivity index (χ0v) is 12.0. The van der Waals surface area contributed by atoms with Crippen LogP contribution in [0.2, 0.25) is 0 Å². The zero-order chi connectivity index (χ0) is 14.5. The molecule has 0 spiro atoms. The van der Waals surface area contributed by atoms with Crippen molar-refractivity contribution in [2.45, 2.75) is 52.1 Å². The van der Waals surface area contributed by atoms with Gasteiger partial charge in [-0.1, -0.05) is 26.7 Å². The van der Waals surface area contributed by atoms with Crippen LogP contribution >= 0.6 is 0 Å². The van der Waals surface area contributed by atoms with E-state index in [-0.39, 0.29) is 5.75 Å².